The fourth-order valence-electron chi connectivity index (χ4n) is 2.58. The van der Waals surface area contributed by atoms with Crippen LogP contribution in [0.25, 0.3) is 0 Å². The second-order valence-corrected chi connectivity index (χ2v) is 5.75. The summed E-state index contributed by atoms with van der Waals surface area (Å²) in [6.07, 6.45) is 3.22. The molecule has 3 heteroatoms. The Morgan fingerprint density at radius 1 is 1.38 bits per heavy atom. The highest BCUT2D eigenvalue weighted by Crippen LogP contribution is 2.30. The molecule has 0 spiro atoms. The van der Waals surface area contributed by atoms with Gasteiger partial charge in [0.2, 0.25) is 0 Å². The van der Waals surface area contributed by atoms with Crippen molar-refractivity contribution in [3.8, 4) is 0 Å². The van der Waals surface area contributed by atoms with Crippen LogP contribution in [0.2, 0.25) is 0 Å². The second-order valence-electron chi connectivity index (χ2n) is 5.43. The molecule has 0 bridgehead atoms. The molecular weight excluding hydrogens is 218 g/mol. The van der Waals surface area contributed by atoms with E-state index in [0.29, 0.717) is 11.3 Å². The summed E-state index contributed by atoms with van der Waals surface area (Å²) in [6, 6.07) is 0. The number of nitrogens with zero attached hydrogens (tertiary/aromatic N) is 1. The first kappa shape index (κ1) is 14.3. The third kappa shape index (κ3) is 3.38. The SMILES string of the molecule is CCC(CC)(CS)CN1CCC(O)C(C)C1. The van der Waals surface area contributed by atoms with Gasteiger partial charge >= 0.3 is 0 Å². The summed E-state index contributed by atoms with van der Waals surface area (Å²) < 4.78 is 0. The van der Waals surface area contributed by atoms with Gasteiger partial charge in [-0.3, -0.25) is 0 Å². The van der Waals surface area contributed by atoms with Crippen LogP contribution in [0.5, 0.6) is 0 Å². The van der Waals surface area contributed by atoms with Crippen molar-refractivity contribution < 1.29 is 5.11 Å². The van der Waals surface area contributed by atoms with Crippen molar-refractivity contribution >= 4 is 12.6 Å². The van der Waals surface area contributed by atoms with Crippen LogP contribution in [0.4, 0.5) is 0 Å². The molecule has 0 aromatic heterocycles. The largest absolute Gasteiger partial charge is 0.393 e. The number of thiol groups is 1. The Bertz CT molecular complexity index is 198. The zero-order valence-electron chi connectivity index (χ0n) is 10.9. The van der Waals surface area contributed by atoms with E-state index in [-0.39, 0.29) is 6.10 Å². The molecule has 2 unspecified atom stereocenters. The average Bonchev–Trinajstić information content (AvgIpc) is 2.31. The lowest BCUT2D eigenvalue weighted by atomic mass is 9.82. The van der Waals surface area contributed by atoms with Gasteiger partial charge in [0.05, 0.1) is 6.10 Å². The van der Waals surface area contributed by atoms with E-state index < -0.39 is 0 Å². The van der Waals surface area contributed by atoms with Gasteiger partial charge in [0.1, 0.15) is 0 Å². The predicted molar refractivity (Wildman–Crippen MR) is 73.1 cm³/mol. The van der Waals surface area contributed by atoms with E-state index in [2.05, 4.69) is 38.3 Å². The van der Waals surface area contributed by atoms with Gasteiger partial charge in [-0.1, -0.05) is 20.8 Å². The molecule has 0 aliphatic carbocycles. The number of piperidine rings is 1. The summed E-state index contributed by atoms with van der Waals surface area (Å²) in [4.78, 5) is 2.51. The lowest BCUT2D eigenvalue weighted by molar-refractivity contribution is 0.0182. The first-order valence-corrected chi connectivity index (χ1v) is 7.21. The summed E-state index contributed by atoms with van der Waals surface area (Å²) in [5.41, 5.74) is 0.366. The Labute approximate surface area is 106 Å². The third-order valence-electron chi connectivity index (χ3n) is 4.34. The van der Waals surface area contributed by atoms with Crippen molar-refractivity contribution in [2.24, 2.45) is 11.3 Å². The molecule has 0 amide bonds. The van der Waals surface area contributed by atoms with Crippen molar-refractivity contribution in [1.29, 1.82) is 0 Å². The van der Waals surface area contributed by atoms with E-state index in [1.54, 1.807) is 0 Å². The molecule has 1 heterocycles. The number of hydrogen-bond acceptors (Lipinski definition) is 3. The number of rotatable bonds is 5. The zero-order chi connectivity index (χ0) is 12.2. The molecule has 16 heavy (non-hydrogen) atoms. The molecule has 96 valence electrons. The third-order valence-corrected chi connectivity index (χ3v) is 5.01. The van der Waals surface area contributed by atoms with E-state index in [1.807, 2.05) is 0 Å². The molecule has 1 saturated heterocycles. The molecule has 1 aliphatic heterocycles. The molecule has 1 aliphatic rings. The minimum Gasteiger partial charge on any atom is -0.393 e. The van der Waals surface area contributed by atoms with Crippen LogP contribution in [-0.4, -0.2) is 41.5 Å². The van der Waals surface area contributed by atoms with Crippen LogP contribution in [0.15, 0.2) is 0 Å². The quantitative estimate of drug-likeness (QED) is 0.727. The van der Waals surface area contributed by atoms with Gasteiger partial charge in [-0.2, -0.15) is 12.6 Å². The van der Waals surface area contributed by atoms with Gasteiger partial charge in [0.25, 0.3) is 0 Å². The van der Waals surface area contributed by atoms with Gasteiger partial charge in [0.15, 0.2) is 0 Å². The standard InChI is InChI=1S/C13H27NOS/c1-4-13(5-2,10-16)9-14-7-6-12(15)11(3)8-14/h11-12,15-16H,4-10H2,1-3H3. The molecule has 1 N–H and O–H groups in total. The predicted octanol–water partition coefficient (Wildman–Crippen LogP) is 2.43. The van der Waals surface area contributed by atoms with Crippen LogP contribution in [-0.2, 0) is 0 Å². The first-order chi connectivity index (χ1) is 7.56. The average molecular weight is 245 g/mol. The Kier molecular flexibility index (Phi) is 5.62. The fraction of sp³-hybridized carbons (Fsp3) is 1.00. The van der Waals surface area contributed by atoms with Crippen molar-refractivity contribution in [3.63, 3.8) is 0 Å². The van der Waals surface area contributed by atoms with Crippen LogP contribution >= 0.6 is 12.6 Å². The molecule has 2 atom stereocenters. The summed E-state index contributed by atoms with van der Waals surface area (Å²) in [5, 5.41) is 9.72. The number of aliphatic hydroxyl groups is 1. The Hall–Kier alpha value is 0.270. The molecule has 0 radical (unpaired) electrons. The maximum Gasteiger partial charge on any atom is 0.0590 e. The van der Waals surface area contributed by atoms with Crippen molar-refractivity contribution in [1.82, 2.24) is 4.90 Å². The summed E-state index contributed by atoms with van der Waals surface area (Å²) in [7, 11) is 0. The lowest BCUT2D eigenvalue weighted by Crippen LogP contribution is -2.47. The van der Waals surface area contributed by atoms with Crippen LogP contribution in [0, 0.1) is 11.3 Å². The van der Waals surface area contributed by atoms with E-state index in [0.717, 1.165) is 31.8 Å². The van der Waals surface area contributed by atoms with Gasteiger partial charge in [-0.25, -0.2) is 0 Å². The maximum atomic E-state index is 9.72. The molecule has 1 rings (SSSR count). The van der Waals surface area contributed by atoms with E-state index in [9.17, 15) is 5.11 Å². The maximum absolute atomic E-state index is 9.72. The number of hydrogen-bond donors (Lipinski definition) is 2. The summed E-state index contributed by atoms with van der Waals surface area (Å²) >= 11 is 4.53. The van der Waals surface area contributed by atoms with Gasteiger partial charge < -0.3 is 10.0 Å². The smallest absolute Gasteiger partial charge is 0.0590 e. The Balaban J connectivity index is 2.53. The van der Waals surface area contributed by atoms with Crippen molar-refractivity contribution in [2.75, 3.05) is 25.4 Å². The summed E-state index contributed by atoms with van der Waals surface area (Å²) in [6.45, 7) is 9.90. The molecule has 1 fully saturated rings. The Morgan fingerprint density at radius 2 is 2.00 bits per heavy atom. The van der Waals surface area contributed by atoms with E-state index in [1.165, 1.54) is 12.8 Å². The molecular formula is C13H27NOS. The second kappa shape index (κ2) is 6.27. The number of likely N-dealkylation sites (tertiary alicyclic amines) is 1. The van der Waals surface area contributed by atoms with Crippen molar-refractivity contribution in [3.05, 3.63) is 0 Å². The number of aliphatic hydroxyl groups excluding tert-OH is 1. The minimum absolute atomic E-state index is 0.0927. The lowest BCUT2D eigenvalue weighted by Gasteiger charge is -2.41. The van der Waals surface area contributed by atoms with Crippen molar-refractivity contribution in [2.45, 2.75) is 46.1 Å². The van der Waals surface area contributed by atoms with Crippen LogP contribution in [0.1, 0.15) is 40.0 Å². The summed E-state index contributed by atoms with van der Waals surface area (Å²) in [5.74, 6) is 1.38. The zero-order valence-corrected chi connectivity index (χ0v) is 11.8. The minimum atomic E-state index is -0.0927. The van der Waals surface area contributed by atoms with Gasteiger partial charge in [0, 0.05) is 19.6 Å². The topological polar surface area (TPSA) is 23.5 Å². The molecule has 2 nitrogen and oxygen atoms in total. The molecule has 0 saturated carbocycles. The van der Waals surface area contributed by atoms with E-state index >= 15 is 0 Å². The van der Waals surface area contributed by atoms with Crippen LogP contribution in [0.3, 0.4) is 0 Å². The van der Waals surface area contributed by atoms with Gasteiger partial charge in [-0.15, -0.1) is 0 Å². The normalized spacial score (nSPS) is 28.3. The Morgan fingerprint density at radius 3 is 2.44 bits per heavy atom. The van der Waals surface area contributed by atoms with E-state index in [4.69, 9.17) is 0 Å². The molecule has 0 aromatic carbocycles. The van der Waals surface area contributed by atoms with Crippen LogP contribution < -0.4 is 0 Å². The first-order valence-electron chi connectivity index (χ1n) is 6.58. The van der Waals surface area contributed by atoms with Gasteiger partial charge in [-0.05, 0) is 36.3 Å². The highest BCUT2D eigenvalue weighted by atomic mass is 32.1. The highest BCUT2D eigenvalue weighted by Gasteiger charge is 2.31. The highest BCUT2D eigenvalue weighted by molar-refractivity contribution is 7.80. The fourth-order valence-corrected chi connectivity index (χ4v) is 3.13. The monoisotopic (exact) mass is 245 g/mol. The molecule has 0 aromatic rings.